The summed E-state index contributed by atoms with van der Waals surface area (Å²) < 4.78 is 36.1. The summed E-state index contributed by atoms with van der Waals surface area (Å²) in [5, 5.41) is 18.1. The maximum Gasteiger partial charge on any atom is 0.406 e. The van der Waals surface area contributed by atoms with Crippen molar-refractivity contribution in [3.63, 3.8) is 0 Å². The predicted octanol–water partition coefficient (Wildman–Crippen LogP) is 1.73. The lowest BCUT2D eigenvalue weighted by molar-refractivity contribution is -0.138. The zero-order chi connectivity index (χ0) is 13.2. The van der Waals surface area contributed by atoms with E-state index >= 15 is 0 Å². The summed E-state index contributed by atoms with van der Waals surface area (Å²) in [6, 6.07) is 3.07. The quantitative estimate of drug-likeness (QED) is 0.785. The molecule has 0 saturated carbocycles. The molecule has 0 aliphatic carbocycles. The van der Waals surface area contributed by atoms with Crippen LogP contribution in [0.4, 0.5) is 13.2 Å². The number of amides is 1. The SMILES string of the molecule is CN(CC(F)(F)F)C(=O)c1ccc(O)c(O)c1. The number of halogens is 3. The lowest BCUT2D eigenvalue weighted by atomic mass is 10.2. The van der Waals surface area contributed by atoms with Crippen LogP contribution in [0.2, 0.25) is 0 Å². The number of hydrogen-bond acceptors (Lipinski definition) is 3. The molecule has 0 heterocycles. The van der Waals surface area contributed by atoms with Crippen LogP contribution >= 0.6 is 0 Å². The van der Waals surface area contributed by atoms with Crippen LogP contribution in [0.15, 0.2) is 18.2 Å². The van der Waals surface area contributed by atoms with Gasteiger partial charge in [-0.1, -0.05) is 0 Å². The van der Waals surface area contributed by atoms with Gasteiger partial charge in [-0.05, 0) is 18.2 Å². The number of rotatable bonds is 2. The number of benzene rings is 1. The summed E-state index contributed by atoms with van der Waals surface area (Å²) in [5.41, 5.74) is -0.132. The molecule has 0 aliphatic heterocycles. The van der Waals surface area contributed by atoms with Crippen LogP contribution in [0, 0.1) is 0 Å². The van der Waals surface area contributed by atoms with E-state index in [1.54, 1.807) is 0 Å². The van der Waals surface area contributed by atoms with E-state index in [-0.39, 0.29) is 5.56 Å². The van der Waals surface area contributed by atoms with Gasteiger partial charge < -0.3 is 15.1 Å². The van der Waals surface area contributed by atoms with Gasteiger partial charge >= 0.3 is 6.18 Å². The van der Waals surface area contributed by atoms with E-state index in [1.807, 2.05) is 0 Å². The number of phenolic OH excluding ortho intramolecular Hbond substituents is 2. The topological polar surface area (TPSA) is 60.8 Å². The zero-order valence-electron chi connectivity index (χ0n) is 8.82. The lowest BCUT2D eigenvalue weighted by Crippen LogP contribution is -2.35. The van der Waals surface area contributed by atoms with E-state index in [0.29, 0.717) is 4.90 Å². The van der Waals surface area contributed by atoms with Gasteiger partial charge in [0, 0.05) is 12.6 Å². The third kappa shape index (κ3) is 3.54. The Hall–Kier alpha value is -1.92. The van der Waals surface area contributed by atoms with Gasteiger partial charge in [0.25, 0.3) is 5.91 Å². The molecule has 0 bridgehead atoms. The number of hydrogen-bond donors (Lipinski definition) is 2. The molecule has 0 spiro atoms. The molecular weight excluding hydrogens is 239 g/mol. The molecule has 0 aromatic heterocycles. The molecule has 17 heavy (non-hydrogen) atoms. The Balaban J connectivity index is 2.85. The van der Waals surface area contributed by atoms with E-state index < -0.39 is 30.1 Å². The number of alkyl halides is 3. The Morgan fingerprint density at radius 1 is 1.29 bits per heavy atom. The highest BCUT2D eigenvalue weighted by Gasteiger charge is 2.31. The van der Waals surface area contributed by atoms with Crippen molar-refractivity contribution in [2.75, 3.05) is 13.6 Å². The average Bonchev–Trinajstić information content (AvgIpc) is 2.18. The van der Waals surface area contributed by atoms with Crippen molar-refractivity contribution in [2.45, 2.75) is 6.18 Å². The molecule has 0 atom stereocenters. The normalized spacial score (nSPS) is 11.3. The van der Waals surface area contributed by atoms with Crippen molar-refractivity contribution >= 4 is 5.91 Å². The highest BCUT2D eigenvalue weighted by atomic mass is 19.4. The van der Waals surface area contributed by atoms with Crippen molar-refractivity contribution < 1.29 is 28.2 Å². The zero-order valence-corrected chi connectivity index (χ0v) is 8.82. The Morgan fingerprint density at radius 3 is 2.35 bits per heavy atom. The number of aromatic hydroxyl groups is 2. The highest BCUT2D eigenvalue weighted by molar-refractivity contribution is 5.94. The van der Waals surface area contributed by atoms with Crippen LogP contribution in [0.5, 0.6) is 11.5 Å². The summed E-state index contributed by atoms with van der Waals surface area (Å²) in [6.45, 7) is -1.38. The van der Waals surface area contributed by atoms with Crippen molar-refractivity contribution in [3.8, 4) is 11.5 Å². The molecule has 94 valence electrons. The van der Waals surface area contributed by atoms with Crippen molar-refractivity contribution in [1.29, 1.82) is 0 Å². The van der Waals surface area contributed by atoms with Crippen LogP contribution in [-0.2, 0) is 0 Å². The Morgan fingerprint density at radius 2 is 1.88 bits per heavy atom. The molecule has 1 aromatic rings. The fraction of sp³-hybridized carbons (Fsp3) is 0.300. The molecule has 1 aromatic carbocycles. The van der Waals surface area contributed by atoms with Crippen LogP contribution in [0.3, 0.4) is 0 Å². The van der Waals surface area contributed by atoms with Crippen LogP contribution < -0.4 is 0 Å². The summed E-state index contributed by atoms with van der Waals surface area (Å²) in [7, 11) is 1.000. The van der Waals surface area contributed by atoms with Crippen molar-refractivity contribution in [2.24, 2.45) is 0 Å². The van der Waals surface area contributed by atoms with E-state index in [9.17, 15) is 18.0 Å². The third-order valence-corrected chi connectivity index (χ3v) is 1.99. The highest BCUT2D eigenvalue weighted by Crippen LogP contribution is 2.25. The molecule has 1 amide bonds. The molecule has 1 rings (SSSR count). The van der Waals surface area contributed by atoms with Gasteiger partial charge in [0.15, 0.2) is 11.5 Å². The van der Waals surface area contributed by atoms with Gasteiger partial charge in [0.2, 0.25) is 0 Å². The van der Waals surface area contributed by atoms with Gasteiger partial charge in [-0.15, -0.1) is 0 Å². The first kappa shape index (κ1) is 13.1. The maximum atomic E-state index is 12.0. The first-order valence-corrected chi connectivity index (χ1v) is 4.55. The Bertz CT molecular complexity index is 431. The van der Waals surface area contributed by atoms with Crippen LogP contribution in [-0.4, -0.2) is 40.8 Å². The number of carbonyl (C=O) groups excluding carboxylic acids is 1. The fourth-order valence-corrected chi connectivity index (χ4v) is 1.22. The molecule has 7 heteroatoms. The first-order chi connectivity index (χ1) is 7.70. The molecule has 2 N–H and O–H groups in total. The Kier molecular flexibility index (Phi) is 3.50. The largest absolute Gasteiger partial charge is 0.504 e. The minimum Gasteiger partial charge on any atom is -0.504 e. The van der Waals surface area contributed by atoms with Crippen molar-refractivity contribution in [3.05, 3.63) is 23.8 Å². The van der Waals surface area contributed by atoms with E-state index in [0.717, 1.165) is 25.2 Å². The Labute approximate surface area is 94.9 Å². The smallest absolute Gasteiger partial charge is 0.406 e. The molecule has 0 saturated heterocycles. The second-order valence-electron chi connectivity index (χ2n) is 3.48. The first-order valence-electron chi connectivity index (χ1n) is 4.55. The average molecular weight is 249 g/mol. The van der Waals surface area contributed by atoms with Crippen LogP contribution in [0.25, 0.3) is 0 Å². The summed E-state index contributed by atoms with van der Waals surface area (Å²) in [5.74, 6) is -1.89. The number of nitrogens with zero attached hydrogens (tertiary/aromatic N) is 1. The molecule has 0 aliphatic rings. The van der Waals surface area contributed by atoms with E-state index in [1.165, 1.54) is 0 Å². The standard InChI is InChI=1S/C10H10F3NO3/c1-14(5-10(11,12)13)9(17)6-2-3-7(15)8(16)4-6/h2-4,15-16H,5H2,1H3. The predicted molar refractivity (Wildman–Crippen MR) is 52.8 cm³/mol. The van der Waals surface area contributed by atoms with Gasteiger partial charge in [-0.2, -0.15) is 13.2 Å². The second kappa shape index (κ2) is 4.52. The molecule has 0 unspecified atom stereocenters. The lowest BCUT2D eigenvalue weighted by Gasteiger charge is -2.19. The fourth-order valence-electron chi connectivity index (χ4n) is 1.22. The number of carbonyl (C=O) groups is 1. The van der Waals surface area contributed by atoms with Gasteiger partial charge in [-0.3, -0.25) is 4.79 Å². The van der Waals surface area contributed by atoms with Gasteiger partial charge in [0.1, 0.15) is 6.54 Å². The van der Waals surface area contributed by atoms with Crippen molar-refractivity contribution in [1.82, 2.24) is 4.90 Å². The minimum atomic E-state index is -4.48. The van der Waals surface area contributed by atoms with Gasteiger partial charge in [0.05, 0.1) is 0 Å². The monoisotopic (exact) mass is 249 g/mol. The minimum absolute atomic E-state index is 0.132. The van der Waals surface area contributed by atoms with E-state index in [4.69, 9.17) is 10.2 Å². The third-order valence-electron chi connectivity index (χ3n) is 1.99. The summed E-state index contributed by atoms with van der Waals surface area (Å²) in [6.07, 6.45) is -4.48. The summed E-state index contributed by atoms with van der Waals surface area (Å²) in [4.78, 5) is 12.0. The molecular formula is C10H10F3NO3. The molecule has 0 fully saturated rings. The molecule has 4 nitrogen and oxygen atoms in total. The van der Waals surface area contributed by atoms with Gasteiger partial charge in [-0.25, -0.2) is 0 Å². The molecule has 0 radical (unpaired) electrons. The summed E-state index contributed by atoms with van der Waals surface area (Å²) >= 11 is 0. The maximum absolute atomic E-state index is 12.0. The van der Waals surface area contributed by atoms with Crippen LogP contribution in [0.1, 0.15) is 10.4 Å². The van der Waals surface area contributed by atoms with E-state index in [2.05, 4.69) is 0 Å². The second-order valence-corrected chi connectivity index (χ2v) is 3.48. The number of phenols is 2.